The number of ether oxygens (including phenoxy) is 1. The van der Waals surface area contributed by atoms with Gasteiger partial charge in [0.1, 0.15) is 5.60 Å². The highest BCUT2D eigenvalue weighted by atomic mass is 32.2. The summed E-state index contributed by atoms with van der Waals surface area (Å²) in [5.41, 5.74) is 2.90. The van der Waals surface area contributed by atoms with Crippen molar-refractivity contribution in [2.75, 3.05) is 16.8 Å². The predicted octanol–water partition coefficient (Wildman–Crippen LogP) is 5.68. The third-order valence-electron chi connectivity index (χ3n) is 7.19. The summed E-state index contributed by atoms with van der Waals surface area (Å²) >= 11 is 0. The molecular formula is C30H30N4O5S. The second kappa shape index (κ2) is 9.19. The summed E-state index contributed by atoms with van der Waals surface area (Å²) in [7, 11) is -2.21. The molecule has 0 N–H and O–H groups in total. The first-order chi connectivity index (χ1) is 19.0. The Morgan fingerprint density at radius 3 is 2.33 bits per heavy atom. The van der Waals surface area contributed by atoms with Crippen LogP contribution in [0, 0.1) is 0 Å². The van der Waals surface area contributed by atoms with Gasteiger partial charge in [0.05, 0.1) is 28.9 Å². The van der Waals surface area contributed by atoms with Crippen molar-refractivity contribution in [3.8, 4) is 0 Å². The molecule has 4 aromatic rings. The van der Waals surface area contributed by atoms with Crippen LogP contribution >= 0.6 is 0 Å². The minimum absolute atomic E-state index is 0.141. The van der Waals surface area contributed by atoms with Gasteiger partial charge in [0.2, 0.25) is 0 Å². The highest BCUT2D eigenvalue weighted by Gasteiger charge is 2.37. The number of carbonyl (C=O) groups is 2. The molecule has 1 saturated carbocycles. The van der Waals surface area contributed by atoms with Gasteiger partial charge in [0.15, 0.2) is 5.65 Å². The van der Waals surface area contributed by atoms with Crippen molar-refractivity contribution >= 4 is 44.4 Å². The maximum absolute atomic E-state index is 13.8. The van der Waals surface area contributed by atoms with Crippen molar-refractivity contribution < 1.29 is 22.7 Å². The Kier molecular flexibility index (Phi) is 5.99. The molecule has 0 radical (unpaired) electrons. The molecule has 0 saturated heterocycles. The van der Waals surface area contributed by atoms with Gasteiger partial charge >= 0.3 is 12.0 Å². The lowest BCUT2D eigenvalue weighted by atomic mass is 10.1. The largest absolute Gasteiger partial charge is 0.456 e. The van der Waals surface area contributed by atoms with E-state index in [4.69, 9.17) is 4.74 Å². The average Bonchev–Trinajstić information content (AvgIpc) is 3.69. The molecule has 6 rings (SSSR count). The van der Waals surface area contributed by atoms with Crippen molar-refractivity contribution in [2.45, 2.75) is 56.6 Å². The zero-order valence-corrected chi connectivity index (χ0v) is 23.6. The van der Waals surface area contributed by atoms with Crippen LogP contribution in [0.1, 0.15) is 61.1 Å². The molecule has 206 valence electrons. The van der Waals surface area contributed by atoms with E-state index in [1.54, 1.807) is 72.7 Å². The fourth-order valence-corrected chi connectivity index (χ4v) is 6.64. The normalized spacial score (nSPS) is 15.8. The van der Waals surface area contributed by atoms with Crippen LogP contribution in [-0.4, -0.2) is 42.0 Å². The molecule has 1 fully saturated rings. The van der Waals surface area contributed by atoms with Crippen LogP contribution in [0.15, 0.2) is 71.8 Å². The van der Waals surface area contributed by atoms with Crippen molar-refractivity contribution in [3.05, 3.63) is 83.7 Å². The number of urea groups is 1. The van der Waals surface area contributed by atoms with Crippen LogP contribution in [0.25, 0.3) is 11.0 Å². The Bertz CT molecular complexity index is 1750. The molecule has 2 amide bonds. The van der Waals surface area contributed by atoms with Gasteiger partial charge < -0.3 is 4.74 Å². The van der Waals surface area contributed by atoms with Crippen LogP contribution in [0.4, 0.5) is 16.2 Å². The Morgan fingerprint density at radius 2 is 1.70 bits per heavy atom. The van der Waals surface area contributed by atoms with Crippen molar-refractivity contribution in [1.82, 2.24) is 8.96 Å². The van der Waals surface area contributed by atoms with Gasteiger partial charge in [0.25, 0.3) is 10.0 Å². The van der Waals surface area contributed by atoms with E-state index in [1.165, 1.54) is 8.87 Å². The minimum Gasteiger partial charge on any atom is -0.456 e. The van der Waals surface area contributed by atoms with Gasteiger partial charge in [-0.3, -0.25) is 9.80 Å². The number of esters is 1. The molecule has 2 aromatic heterocycles. The first kappa shape index (κ1) is 26.1. The van der Waals surface area contributed by atoms with Gasteiger partial charge in [-0.2, -0.15) is 0 Å². The molecule has 0 atom stereocenters. The molecule has 2 aliphatic rings. The smallest absolute Gasteiger partial charge is 0.338 e. The van der Waals surface area contributed by atoms with Crippen LogP contribution in [0.5, 0.6) is 0 Å². The Hall–Kier alpha value is -4.18. The Labute approximate surface area is 233 Å². The molecule has 0 bridgehead atoms. The van der Waals surface area contributed by atoms with Crippen LogP contribution < -0.4 is 9.80 Å². The second-order valence-corrected chi connectivity index (χ2v) is 13.0. The quantitative estimate of drug-likeness (QED) is 0.292. The van der Waals surface area contributed by atoms with E-state index in [0.29, 0.717) is 33.7 Å². The van der Waals surface area contributed by atoms with E-state index in [2.05, 4.69) is 4.98 Å². The number of nitrogens with zero attached hydrogens (tertiary/aromatic N) is 4. The molecule has 0 unspecified atom stereocenters. The molecule has 40 heavy (non-hydrogen) atoms. The van der Waals surface area contributed by atoms with Crippen molar-refractivity contribution in [1.29, 1.82) is 0 Å². The lowest BCUT2D eigenvalue weighted by Crippen LogP contribution is -2.45. The number of rotatable bonds is 5. The molecule has 9 nitrogen and oxygen atoms in total. The zero-order valence-electron chi connectivity index (χ0n) is 22.8. The molecule has 3 heterocycles. The third-order valence-corrected chi connectivity index (χ3v) is 8.92. The van der Waals surface area contributed by atoms with Crippen LogP contribution in [-0.2, 0) is 21.3 Å². The highest BCUT2D eigenvalue weighted by molar-refractivity contribution is 7.90. The minimum atomic E-state index is -3.88. The molecule has 2 aromatic carbocycles. The summed E-state index contributed by atoms with van der Waals surface area (Å²) in [6.07, 6.45) is 3.40. The summed E-state index contributed by atoms with van der Waals surface area (Å²) < 4.78 is 34.5. The predicted molar refractivity (Wildman–Crippen MR) is 152 cm³/mol. The first-order valence-corrected chi connectivity index (χ1v) is 14.6. The van der Waals surface area contributed by atoms with Crippen LogP contribution in [0.3, 0.4) is 0 Å². The van der Waals surface area contributed by atoms with Gasteiger partial charge in [0, 0.05) is 35.3 Å². The Morgan fingerprint density at radius 1 is 1.02 bits per heavy atom. The van der Waals surface area contributed by atoms with Crippen LogP contribution in [0.2, 0.25) is 0 Å². The number of aromatic nitrogens is 2. The van der Waals surface area contributed by atoms with Gasteiger partial charge in [-0.1, -0.05) is 18.2 Å². The standard InChI is InChI=1S/C30H30N4O5S/c1-30(2,3)39-28(35)20-12-14-21(15-13-20)33-18-24-23-16-25(19-10-11-19)34(40(37,38)22-8-6-5-7-9-22)27(23)31-17-26(24)32(4)29(33)36/h5-9,12-17,19H,10-11,18H2,1-4H3. The average molecular weight is 559 g/mol. The van der Waals surface area contributed by atoms with E-state index in [-0.39, 0.29) is 23.4 Å². The van der Waals surface area contributed by atoms with E-state index >= 15 is 0 Å². The topological polar surface area (TPSA) is 102 Å². The lowest BCUT2D eigenvalue weighted by molar-refractivity contribution is 0.00695. The fraction of sp³-hybridized carbons (Fsp3) is 0.300. The number of benzene rings is 2. The third kappa shape index (κ3) is 4.42. The molecule has 10 heteroatoms. The van der Waals surface area contributed by atoms with E-state index in [9.17, 15) is 18.0 Å². The zero-order chi connectivity index (χ0) is 28.4. The molecule has 1 aliphatic heterocycles. The van der Waals surface area contributed by atoms with E-state index in [0.717, 1.165) is 18.4 Å². The number of hydrogen-bond acceptors (Lipinski definition) is 6. The number of hydrogen-bond donors (Lipinski definition) is 0. The maximum atomic E-state index is 13.8. The summed E-state index contributed by atoms with van der Waals surface area (Å²) in [6, 6.07) is 16.8. The van der Waals surface area contributed by atoms with Gasteiger partial charge in [-0.05, 0) is 76.1 Å². The number of fused-ring (bicyclic) bond motifs is 3. The lowest BCUT2D eigenvalue weighted by Gasteiger charge is -2.35. The number of carbonyl (C=O) groups excluding carboxylic acids is 2. The number of amides is 2. The summed E-state index contributed by atoms with van der Waals surface area (Å²) in [5.74, 6) is -0.296. The molecule has 0 spiro atoms. The summed E-state index contributed by atoms with van der Waals surface area (Å²) in [4.78, 5) is 33.8. The van der Waals surface area contributed by atoms with E-state index < -0.39 is 21.6 Å². The van der Waals surface area contributed by atoms with Crippen molar-refractivity contribution in [3.63, 3.8) is 0 Å². The molecular weight excluding hydrogens is 528 g/mol. The summed E-state index contributed by atoms with van der Waals surface area (Å²) in [5, 5.41) is 0.702. The first-order valence-electron chi connectivity index (χ1n) is 13.2. The second-order valence-electron chi connectivity index (χ2n) is 11.3. The number of pyridine rings is 1. The Balaban J connectivity index is 1.43. The maximum Gasteiger partial charge on any atom is 0.338 e. The monoisotopic (exact) mass is 558 g/mol. The van der Waals surface area contributed by atoms with Crippen molar-refractivity contribution in [2.24, 2.45) is 0 Å². The highest BCUT2D eigenvalue weighted by Crippen LogP contribution is 2.45. The SMILES string of the molecule is CN1C(=O)N(c2ccc(C(=O)OC(C)(C)C)cc2)Cc2c1cnc1c2cc(C2CC2)n1S(=O)(=O)c1ccccc1. The summed E-state index contributed by atoms with van der Waals surface area (Å²) in [6.45, 7) is 5.65. The molecule has 1 aliphatic carbocycles. The fourth-order valence-electron chi connectivity index (χ4n) is 5.08. The van der Waals surface area contributed by atoms with Gasteiger partial charge in [-0.25, -0.2) is 27.0 Å². The van der Waals surface area contributed by atoms with Gasteiger partial charge in [-0.15, -0.1) is 0 Å². The van der Waals surface area contributed by atoms with E-state index in [1.807, 2.05) is 26.8 Å². The number of anilines is 2.